The predicted molar refractivity (Wildman–Crippen MR) is 173 cm³/mol. The van der Waals surface area contributed by atoms with Gasteiger partial charge in [-0.1, -0.05) is 37.1 Å². The van der Waals surface area contributed by atoms with Gasteiger partial charge in [0.2, 0.25) is 0 Å². The molecule has 2 aromatic rings. The number of nitrogens with one attached hydrogen (secondary N) is 1. The topological polar surface area (TPSA) is 126 Å². The van der Waals surface area contributed by atoms with Crippen molar-refractivity contribution in [2.75, 3.05) is 13.7 Å². The highest BCUT2D eigenvalue weighted by atomic mass is 16.6. The monoisotopic (exact) mass is 635 g/mol. The molecule has 3 fully saturated rings. The maximum absolute atomic E-state index is 14.7. The zero-order valence-corrected chi connectivity index (χ0v) is 27.0. The number of amides is 3. The Morgan fingerprint density at radius 1 is 1.11 bits per heavy atom. The summed E-state index contributed by atoms with van der Waals surface area (Å²) in [5, 5.41) is 3.37. The van der Waals surface area contributed by atoms with Crippen LogP contribution in [0, 0.1) is 11.8 Å². The van der Waals surface area contributed by atoms with Crippen LogP contribution >= 0.6 is 0 Å². The van der Waals surface area contributed by atoms with Crippen molar-refractivity contribution in [2.45, 2.75) is 102 Å². The van der Waals surface area contributed by atoms with E-state index >= 15 is 0 Å². The minimum Gasteiger partial charge on any atom is -0.455 e. The number of alkyl carbamates (subject to hydrolysis) is 1. The molecule has 1 aromatic heterocycles. The highest BCUT2D eigenvalue weighted by molar-refractivity contribution is 5.88. The van der Waals surface area contributed by atoms with E-state index in [1.54, 1.807) is 30.3 Å². The lowest BCUT2D eigenvalue weighted by Gasteiger charge is -2.35. The molecular weight excluding hydrogens is 588 g/mol. The summed E-state index contributed by atoms with van der Waals surface area (Å²) < 4.78 is 18.3. The smallest absolute Gasteiger partial charge is 0.455 e. The van der Waals surface area contributed by atoms with Crippen LogP contribution in [0.1, 0.15) is 71.1 Å². The van der Waals surface area contributed by atoms with Gasteiger partial charge in [0.15, 0.2) is 12.1 Å². The highest BCUT2D eigenvalue weighted by Crippen LogP contribution is 2.37. The Morgan fingerprint density at radius 2 is 1.87 bits per heavy atom. The van der Waals surface area contributed by atoms with E-state index in [1.165, 1.54) is 11.7 Å². The molecular formula is C35H47N4O7+. The Bertz CT molecular complexity index is 1520. The van der Waals surface area contributed by atoms with Crippen LogP contribution in [-0.4, -0.2) is 70.1 Å². The third-order valence-corrected chi connectivity index (χ3v) is 10.2. The van der Waals surface area contributed by atoms with Crippen LogP contribution in [-0.2, 0) is 20.8 Å². The fraction of sp³-hybridized carbons (Fsp3) is 0.571. The van der Waals surface area contributed by atoms with E-state index in [2.05, 4.69) is 23.5 Å². The van der Waals surface area contributed by atoms with E-state index < -0.39 is 40.8 Å². The number of likely N-dealkylation sites (tertiary alicyclic amines) is 1. The molecule has 1 unspecified atom stereocenters. The molecule has 6 atom stereocenters. The van der Waals surface area contributed by atoms with Gasteiger partial charge < -0.3 is 19.5 Å². The normalized spacial score (nSPS) is 26.8. The van der Waals surface area contributed by atoms with Crippen LogP contribution in [0.4, 0.5) is 9.59 Å². The van der Waals surface area contributed by atoms with Crippen molar-refractivity contribution < 1.29 is 33.1 Å². The zero-order chi connectivity index (χ0) is 32.8. The van der Waals surface area contributed by atoms with Gasteiger partial charge in [0.1, 0.15) is 18.7 Å². The third kappa shape index (κ3) is 6.61. The number of fused-ring (bicyclic) bond motifs is 1. The molecule has 0 spiro atoms. The molecule has 2 saturated carbocycles. The molecule has 2 aliphatic carbocycles. The average molecular weight is 636 g/mol. The number of imide groups is 1. The Kier molecular flexibility index (Phi) is 10.6. The van der Waals surface area contributed by atoms with Crippen LogP contribution in [0.15, 0.2) is 54.4 Å². The van der Waals surface area contributed by atoms with Crippen molar-refractivity contribution in [2.24, 2.45) is 11.8 Å². The molecule has 11 nitrogen and oxygen atoms in total. The molecule has 248 valence electrons. The van der Waals surface area contributed by atoms with Crippen molar-refractivity contribution in [3.8, 4) is 6.01 Å². The third-order valence-electron chi connectivity index (χ3n) is 10.2. The van der Waals surface area contributed by atoms with Crippen molar-refractivity contribution in [3.05, 3.63) is 59.9 Å². The summed E-state index contributed by atoms with van der Waals surface area (Å²) in [6.45, 7) is 9.54. The van der Waals surface area contributed by atoms with E-state index in [0.717, 1.165) is 57.8 Å². The second-order valence-corrected chi connectivity index (χ2v) is 13.0. The van der Waals surface area contributed by atoms with Crippen LogP contribution in [0.2, 0.25) is 0 Å². The van der Waals surface area contributed by atoms with Crippen molar-refractivity contribution in [1.82, 2.24) is 14.9 Å². The van der Waals surface area contributed by atoms with Gasteiger partial charge in [-0.2, -0.15) is 14.3 Å². The van der Waals surface area contributed by atoms with Crippen LogP contribution in [0.25, 0.3) is 10.9 Å². The Balaban J connectivity index is 1.41. The fourth-order valence-electron chi connectivity index (χ4n) is 7.75. The quantitative estimate of drug-likeness (QED) is 0.248. The van der Waals surface area contributed by atoms with E-state index in [4.69, 9.17) is 14.2 Å². The van der Waals surface area contributed by atoms with Crippen LogP contribution in [0.3, 0.4) is 0 Å². The molecule has 1 saturated heterocycles. The number of quaternary nitrogens is 1. The Hall–Kier alpha value is -3.99. The number of aromatic nitrogens is 2. The number of hydrogen-bond acceptors (Lipinski definition) is 8. The summed E-state index contributed by atoms with van der Waals surface area (Å²) >= 11 is 0. The maximum atomic E-state index is 14.7. The Morgan fingerprint density at radius 3 is 2.59 bits per heavy atom. The number of nitrogens with zero attached hydrogens (tertiary/aromatic N) is 3. The molecule has 2 heterocycles. The van der Waals surface area contributed by atoms with Crippen molar-refractivity contribution in [1.29, 1.82) is 0 Å². The van der Waals surface area contributed by atoms with Gasteiger partial charge in [0.25, 0.3) is 5.56 Å². The maximum Gasteiger partial charge on any atom is 0.523 e. The summed E-state index contributed by atoms with van der Waals surface area (Å²) in [6, 6.07) is 5.65. The van der Waals surface area contributed by atoms with Gasteiger partial charge in [0.05, 0.1) is 18.0 Å². The summed E-state index contributed by atoms with van der Waals surface area (Å²) in [5.41, 5.74) is 0.214. The first-order valence-electron chi connectivity index (χ1n) is 16.6. The van der Waals surface area contributed by atoms with E-state index in [9.17, 15) is 19.2 Å². The minimum absolute atomic E-state index is 0.0321. The fourth-order valence-corrected chi connectivity index (χ4v) is 7.75. The van der Waals surface area contributed by atoms with Gasteiger partial charge in [-0.25, -0.2) is 9.59 Å². The number of allylic oxidation sites excluding steroid dienone is 2. The number of carbonyl (C=O) groups is 3. The summed E-state index contributed by atoms with van der Waals surface area (Å²) in [4.78, 5) is 59.6. The van der Waals surface area contributed by atoms with Crippen LogP contribution < -0.4 is 15.6 Å². The second kappa shape index (κ2) is 14.6. The number of hydrogen-bond donors (Lipinski definition) is 1. The molecule has 1 aliphatic heterocycles. The van der Waals surface area contributed by atoms with Gasteiger partial charge in [-0.05, 0) is 75.8 Å². The second-order valence-electron chi connectivity index (χ2n) is 13.0. The molecule has 0 bridgehead atoms. The Labute approximate surface area is 270 Å². The lowest BCUT2D eigenvalue weighted by atomic mass is 9.95. The first kappa shape index (κ1) is 33.4. The molecule has 5 rings (SSSR count). The SMILES string of the molecule is C=CCC[C@@H]1CCC[C@H]1OC(=O)N[C@H](C(=O)[N+]1(C(=O)OC)C[C@H](Oc2nc3ccccc3c(=O)n2CC=C)C[C@H]1C)C1CCCC1. The largest absolute Gasteiger partial charge is 0.523 e. The highest BCUT2D eigenvalue weighted by Gasteiger charge is 2.61. The van der Waals surface area contributed by atoms with Gasteiger partial charge in [0, 0.05) is 13.0 Å². The van der Waals surface area contributed by atoms with E-state index in [-0.39, 0.29) is 42.6 Å². The first-order valence-corrected chi connectivity index (χ1v) is 16.6. The van der Waals surface area contributed by atoms with E-state index in [1.807, 2.05) is 13.0 Å². The van der Waals surface area contributed by atoms with Crippen molar-refractivity contribution in [3.63, 3.8) is 0 Å². The standard InChI is InChI=1S/C35H46N4O7/c1-5-7-13-24-16-12-19-29(24)46-34(42)37-30(25-14-8-9-15-25)32(41)39(35(43)44-4)22-26(21-23(39)3)45-33-36-28-18-11-10-17-27(28)31(40)38(33)20-6-2/h5-6,10-11,17-18,23-26,29-30H,1-2,7-9,12-16,19-22H2,3-4H3/p+1/t23-,24-,26-,29-,30+,39?/m1/s1. The van der Waals surface area contributed by atoms with Gasteiger partial charge in [-0.15, -0.1) is 13.2 Å². The number of carbonyl (C=O) groups excluding carboxylic acids is 3. The summed E-state index contributed by atoms with van der Waals surface area (Å²) in [5.74, 6) is -0.303. The lowest BCUT2D eigenvalue weighted by molar-refractivity contribution is -0.794. The molecule has 46 heavy (non-hydrogen) atoms. The van der Waals surface area contributed by atoms with Crippen LogP contribution in [0.5, 0.6) is 6.01 Å². The van der Waals surface area contributed by atoms with Gasteiger partial charge >= 0.3 is 24.1 Å². The number of para-hydroxylation sites is 1. The lowest BCUT2D eigenvalue weighted by Crippen LogP contribution is -2.66. The van der Waals surface area contributed by atoms with E-state index in [0.29, 0.717) is 17.3 Å². The predicted octanol–water partition coefficient (Wildman–Crippen LogP) is 5.65. The minimum atomic E-state index is -0.930. The summed E-state index contributed by atoms with van der Waals surface area (Å²) in [7, 11) is 1.26. The average Bonchev–Trinajstić information content (AvgIpc) is 3.81. The number of ether oxygens (including phenoxy) is 3. The molecule has 11 heteroatoms. The zero-order valence-electron chi connectivity index (χ0n) is 27.0. The summed E-state index contributed by atoms with van der Waals surface area (Å²) in [6.07, 6.45) is 9.51. The number of methoxy groups -OCH3 is 1. The molecule has 3 amide bonds. The molecule has 1 N–H and O–H groups in total. The van der Waals surface area contributed by atoms with Gasteiger partial charge in [-0.3, -0.25) is 9.36 Å². The number of rotatable bonds is 11. The first-order chi connectivity index (χ1) is 22.2. The number of benzene rings is 1. The molecule has 1 aromatic carbocycles. The molecule has 0 radical (unpaired) electrons. The van der Waals surface area contributed by atoms with Crippen molar-refractivity contribution >= 4 is 29.0 Å². The molecule has 3 aliphatic rings.